The maximum Gasteiger partial charge on any atom is 0.126 e. The van der Waals surface area contributed by atoms with Crippen LogP contribution in [0.5, 0.6) is 5.75 Å². The highest BCUT2D eigenvalue weighted by atomic mass is 16.5. The van der Waals surface area contributed by atoms with Crippen molar-refractivity contribution in [2.75, 3.05) is 5.73 Å². The Morgan fingerprint density at radius 2 is 2.07 bits per heavy atom. The molecule has 15 heavy (non-hydrogen) atoms. The first kappa shape index (κ1) is 10.3. The molecule has 3 nitrogen and oxygen atoms in total. The molecule has 0 amide bonds. The molecule has 1 aromatic heterocycles. The summed E-state index contributed by atoms with van der Waals surface area (Å²) in [4.78, 5) is 3.94. The Balaban J connectivity index is 1.92. The molecule has 1 fully saturated rings. The minimum Gasteiger partial charge on any atom is -0.490 e. The van der Waals surface area contributed by atoms with Crippen LogP contribution in [0, 0.1) is 5.92 Å². The lowest BCUT2D eigenvalue weighted by molar-refractivity contribution is 0.135. The van der Waals surface area contributed by atoms with Crippen molar-refractivity contribution in [2.45, 2.75) is 38.7 Å². The number of hydrogen-bond acceptors (Lipinski definition) is 3. The standard InChI is InChI=1S/C12H18N2O/c1-9-2-4-10(5-3-9)15-11-6-7-14-12(13)8-11/h6-10H,2-5H2,1H3,(H2,13,14). The van der Waals surface area contributed by atoms with E-state index in [-0.39, 0.29) is 0 Å². The van der Waals surface area contributed by atoms with E-state index < -0.39 is 0 Å². The van der Waals surface area contributed by atoms with Crippen LogP contribution in [0.4, 0.5) is 5.82 Å². The minimum absolute atomic E-state index is 0.364. The van der Waals surface area contributed by atoms with Crippen molar-refractivity contribution < 1.29 is 4.74 Å². The molecule has 1 aliphatic rings. The summed E-state index contributed by atoms with van der Waals surface area (Å²) in [5, 5.41) is 0. The second-order valence-corrected chi connectivity index (χ2v) is 4.42. The maximum absolute atomic E-state index is 5.86. The molecule has 0 spiro atoms. The number of hydrogen-bond donors (Lipinski definition) is 1. The summed E-state index contributed by atoms with van der Waals surface area (Å²) in [6.45, 7) is 2.31. The molecule has 1 aromatic rings. The number of nitrogens with zero attached hydrogens (tertiary/aromatic N) is 1. The second kappa shape index (κ2) is 4.51. The molecule has 0 bridgehead atoms. The third-order valence-electron chi connectivity index (χ3n) is 3.02. The van der Waals surface area contributed by atoms with Gasteiger partial charge in [-0.05, 0) is 37.7 Å². The molecule has 3 heteroatoms. The van der Waals surface area contributed by atoms with Crippen LogP contribution in [0.2, 0.25) is 0 Å². The van der Waals surface area contributed by atoms with Crippen LogP contribution in [-0.2, 0) is 0 Å². The fourth-order valence-electron chi connectivity index (χ4n) is 2.04. The summed E-state index contributed by atoms with van der Waals surface area (Å²) in [6, 6.07) is 3.66. The van der Waals surface area contributed by atoms with E-state index in [1.54, 1.807) is 12.3 Å². The van der Waals surface area contributed by atoms with Gasteiger partial charge in [-0.15, -0.1) is 0 Å². The Morgan fingerprint density at radius 3 is 2.73 bits per heavy atom. The van der Waals surface area contributed by atoms with E-state index >= 15 is 0 Å². The third kappa shape index (κ3) is 2.85. The first-order valence-electron chi connectivity index (χ1n) is 5.62. The number of pyridine rings is 1. The van der Waals surface area contributed by atoms with Crippen LogP contribution in [0.25, 0.3) is 0 Å². The van der Waals surface area contributed by atoms with Gasteiger partial charge in [-0.2, -0.15) is 0 Å². The summed E-state index contributed by atoms with van der Waals surface area (Å²) in [5.41, 5.74) is 5.59. The van der Waals surface area contributed by atoms with Gasteiger partial charge in [-0.1, -0.05) is 6.92 Å². The van der Waals surface area contributed by atoms with Crippen molar-refractivity contribution >= 4 is 5.82 Å². The van der Waals surface area contributed by atoms with Crippen molar-refractivity contribution in [3.8, 4) is 5.75 Å². The summed E-state index contributed by atoms with van der Waals surface area (Å²) in [7, 11) is 0. The SMILES string of the molecule is CC1CCC(Oc2ccnc(N)c2)CC1. The average Bonchev–Trinajstić information content (AvgIpc) is 2.22. The monoisotopic (exact) mass is 206 g/mol. The Morgan fingerprint density at radius 1 is 1.33 bits per heavy atom. The van der Waals surface area contributed by atoms with Gasteiger partial charge >= 0.3 is 0 Å². The first-order valence-corrected chi connectivity index (χ1v) is 5.62. The quantitative estimate of drug-likeness (QED) is 0.809. The van der Waals surface area contributed by atoms with Crippen LogP contribution in [0.15, 0.2) is 18.3 Å². The van der Waals surface area contributed by atoms with E-state index in [1.165, 1.54) is 12.8 Å². The van der Waals surface area contributed by atoms with E-state index in [1.807, 2.05) is 6.07 Å². The number of anilines is 1. The molecule has 0 atom stereocenters. The van der Waals surface area contributed by atoms with Gasteiger partial charge in [0.1, 0.15) is 11.6 Å². The number of rotatable bonds is 2. The lowest BCUT2D eigenvalue weighted by Crippen LogP contribution is -2.23. The summed E-state index contributed by atoms with van der Waals surface area (Å²) >= 11 is 0. The fraction of sp³-hybridized carbons (Fsp3) is 0.583. The minimum atomic E-state index is 0.364. The maximum atomic E-state index is 5.86. The average molecular weight is 206 g/mol. The van der Waals surface area contributed by atoms with Gasteiger partial charge in [0.25, 0.3) is 0 Å². The number of ether oxygens (including phenoxy) is 1. The molecule has 0 aliphatic heterocycles. The lowest BCUT2D eigenvalue weighted by Gasteiger charge is -2.26. The van der Waals surface area contributed by atoms with E-state index in [4.69, 9.17) is 10.5 Å². The van der Waals surface area contributed by atoms with E-state index in [0.29, 0.717) is 11.9 Å². The molecule has 1 saturated carbocycles. The molecule has 0 radical (unpaired) electrons. The highest BCUT2D eigenvalue weighted by molar-refractivity contribution is 5.35. The van der Waals surface area contributed by atoms with Crippen molar-refractivity contribution in [2.24, 2.45) is 5.92 Å². The molecule has 1 heterocycles. The van der Waals surface area contributed by atoms with Gasteiger partial charge in [-0.3, -0.25) is 0 Å². The lowest BCUT2D eigenvalue weighted by atomic mass is 9.89. The van der Waals surface area contributed by atoms with E-state index in [9.17, 15) is 0 Å². The number of nitrogens with two attached hydrogens (primary N) is 1. The zero-order valence-electron chi connectivity index (χ0n) is 9.15. The van der Waals surface area contributed by atoms with E-state index in [2.05, 4.69) is 11.9 Å². The van der Waals surface area contributed by atoms with Gasteiger partial charge in [-0.25, -0.2) is 4.98 Å². The fourth-order valence-corrected chi connectivity index (χ4v) is 2.04. The first-order chi connectivity index (χ1) is 7.24. The highest BCUT2D eigenvalue weighted by Gasteiger charge is 2.19. The Kier molecular flexibility index (Phi) is 3.09. The van der Waals surface area contributed by atoms with Crippen molar-refractivity contribution in [3.05, 3.63) is 18.3 Å². The van der Waals surface area contributed by atoms with Crippen LogP contribution in [0.3, 0.4) is 0 Å². The van der Waals surface area contributed by atoms with Gasteiger partial charge in [0.05, 0.1) is 6.10 Å². The van der Waals surface area contributed by atoms with Crippen LogP contribution >= 0.6 is 0 Å². The molecule has 82 valence electrons. The van der Waals surface area contributed by atoms with Crippen molar-refractivity contribution in [1.29, 1.82) is 0 Å². The van der Waals surface area contributed by atoms with Crippen molar-refractivity contribution in [1.82, 2.24) is 4.98 Å². The van der Waals surface area contributed by atoms with Crippen LogP contribution < -0.4 is 10.5 Å². The number of nitrogen functional groups attached to an aromatic ring is 1. The molecule has 0 saturated heterocycles. The summed E-state index contributed by atoms with van der Waals surface area (Å²) in [5.74, 6) is 2.23. The normalized spacial score (nSPS) is 26.2. The Labute approximate surface area is 90.7 Å². The largest absolute Gasteiger partial charge is 0.490 e. The summed E-state index contributed by atoms with van der Waals surface area (Å²) in [6.07, 6.45) is 6.90. The topological polar surface area (TPSA) is 48.1 Å². The van der Waals surface area contributed by atoms with Crippen molar-refractivity contribution in [3.63, 3.8) is 0 Å². The van der Waals surface area contributed by atoms with Gasteiger partial charge in [0, 0.05) is 12.3 Å². The predicted octanol–water partition coefficient (Wildman–Crippen LogP) is 2.62. The van der Waals surface area contributed by atoms with E-state index in [0.717, 1.165) is 24.5 Å². The molecular formula is C12H18N2O. The molecule has 0 unspecified atom stereocenters. The van der Waals surface area contributed by atoms with Gasteiger partial charge in [0.2, 0.25) is 0 Å². The Hall–Kier alpha value is -1.25. The molecule has 1 aliphatic carbocycles. The molecule has 2 rings (SSSR count). The second-order valence-electron chi connectivity index (χ2n) is 4.42. The Bertz CT molecular complexity index is 319. The highest BCUT2D eigenvalue weighted by Crippen LogP contribution is 2.27. The predicted molar refractivity (Wildman–Crippen MR) is 60.7 cm³/mol. The van der Waals surface area contributed by atoms with Crippen LogP contribution in [-0.4, -0.2) is 11.1 Å². The van der Waals surface area contributed by atoms with Crippen LogP contribution in [0.1, 0.15) is 32.6 Å². The summed E-state index contributed by atoms with van der Waals surface area (Å²) < 4.78 is 5.86. The molecular weight excluding hydrogens is 188 g/mol. The third-order valence-corrected chi connectivity index (χ3v) is 3.02. The zero-order valence-corrected chi connectivity index (χ0v) is 9.15. The van der Waals surface area contributed by atoms with Gasteiger partial charge in [0.15, 0.2) is 0 Å². The number of aromatic nitrogens is 1. The smallest absolute Gasteiger partial charge is 0.126 e. The van der Waals surface area contributed by atoms with Gasteiger partial charge < -0.3 is 10.5 Å². The molecule has 2 N–H and O–H groups in total. The zero-order chi connectivity index (χ0) is 10.7. The molecule has 0 aromatic carbocycles.